The van der Waals surface area contributed by atoms with Crippen LogP contribution in [0.5, 0.6) is 0 Å². The molecule has 5 heterocycles. The van der Waals surface area contributed by atoms with Gasteiger partial charge in [-0.25, -0.2) is 4.98 Å². The van der Waals surface area contributed by atoms with Gasteiger partial charge in [0.1, 0.15) is 5.69 Å². The van der Waals surface area contributed by atoms with Crippen molar-refractivity contribution >= 4 is 46.0 Å². The summed E-state index contributed by atoms with van der Waals surface area (Å²) >= 11 is 2.88. The van der Waals surface area contributed by atoms with E-state index in [1.807, 2.05) is 6.92 Å². The Bertz CT molecular complexity index is 1030. The van der Waals surface area contributed by atoms with Crippen LogP contribution in [-0.4, -0.2) is 94.5 Å². The van der Waals surface area contributed by atoms with Crippen molar-refractivity contribution in [3.63, 3.8) is 0 Å². The number of hydrogen-bond donors (Lipinski definition) is 1. The molecular weight excluding hydrogens is 468 g/mol. The third-order valence-electron chi connectivity index (χ3n) is 6.89. The maximum atomic E-state index is 12.5. The molecule has 0 unspecified atom stereocenters. The van der Waals surface area contributed by atoms with Crippen molar-refractivity contribution in [2.45, 2.75) is 37.3 Å². The maximum absolute atomic E-state index is 12.5. The molecule has 3 saturated heterocycles. The molecule has 2 amide bonds. The molecule has 4 aliphatic rings. The number of rotatable bonds is 7. The number of thiazole rings is 1. The lowest BCUT2D eigenvalue weighted by molar-refractivity contribution is -0.301. The van der Waals surface area contributed by atoms with E-state index in [1.165, 1.54) is 28.0 Å². The molecule has 0 aliphatic carbocycles. The SMILES string of the molecule is COC1CN(C(=O)c2csc(N3CC(SC4=C(C(=O)[O-])N5C(=O)[C@H]([C@@H](C)O)[C@H]5[C@H]4C)C3)n2)C1. The summed E-state index contributed by atoms with van der Waals surface area (Å²) in [7, 11) is 1.63. The van der Waals surface area contributed by atoms with Gasteiger partial charge in [-0.05, 0) is 6.92 Å². The van der Waals surface area contributed by atoms with Crippen LogP contribution in [0.25, 0.3) is 0 Å². The zero-order valence-corrected chi connectivity index (χ0v) is 20.1. The fourth-order valence-electron chi connectivity index (χ4n) is 4.94. The summed E-state index contributed by atoms with van der Waals surface area (Å²) in [6, 6.07) is -0.337. The van der Waals surface area contributed by atoms with Crippen molar-refractivity contribution in [1.29, 1.82) is 0 Å². The highest BCUT2D eigenvalue weighted by molar-refractivity contribution is 8.03. The highest BCUT2D eigenvalue weighted by atomic mass is 32.2. The summed E-state index contributed by atoms with van der Waals surface area (Å²) in [6.07, 6.45) is -0.734. The molecule has 178 valence electrons. The number of carboxylic acid groups (broad SMARTS) is 1. The Morgan fingerprint density at radius 2 is 2.03 bits per heavy atom. The molecule has 0 aromatic carbocycles. The predicted octanol–water partition coefficient (Wildman–Crippen LogP) is -0.645. The van der Waals surface area contributed by atoms with Gasteiger partial charge >= 0.3 is 0 Å². The van der Waals surface area contributed by atoms with Gasteiger partial charge in [-0.15, -0.1) is 23.1 Å². The van der Waals surface area contributed by atoms with E-state index < -0.39 is 18.0 Å². The number of carboxylic acids is 1. The average molecular weight is 494 g/mol. The van der Waals surface area contributed by atoms with E-state index in [0.29, 0.717) is 36.8 Å². The Labute approximate surface area is 199 Å². The van der Waals surface area contributed by atoms with Crippen LogP contribution in [0.4, 0.5) is 5.13 Å². The lowest BCUT2D eigenvalue weighted by Crippen LogP contribution is -2.64. The van der Waals surface area contributed by atoms with Crippen molar-refractivity contribution in [3.05, 3.63) is 21.7 Å². The van der Waals surface area contributed by atoms with Crippen LogP contribution in [0.3, 0.4) is 0 Å². The summed E-state index contributed by atoms with van der Waals surface area (Å²) < 4.78 is 5.21. The number of likely N-dealkylation sites (tertiary alicyclic amines) is 1. The molecule has 0 spiro atoms. The average Bonchev–Trinajstić information content (AvgIpc) is 3.25. The Hall–Kier alpha value is -2.15. The number of ether oxygens (including phenoxy) is 1. The van der Waals surface area contributed by atoms with E-state index in [4.69, 9.17) is 4.74 Å². The van der Waals surface area contributed by atoms with Gasteiger partial charge in [-0.1, -0.05) is 6.92 Å². The van der Waals surface area contributed by atoms with E-state index >= 15 is 0 Å². The quantitative estimate of drug-likeness (QED) is 0.493. The highest BCUT2D eigenvalue weighted by Gasteiger charge is 2.59. The van der Waals surface area contributed by atoms with Crippen molar-refractivity contribution in [2.75, 3.05) is 38.2 Å². The largest absolute Gasteiger partial charge is 0.543 e. The number of thioether (sulfide) groups is 1. The number of β-lactam (4-membered cyclic amide) rings is 1. The van der Waals surface area contributed by atoms with Crippen LogP contribution in [0.1, 0.15) is 24.3 Å². The van der Waals surface area contributed by atoms with Gasteiger partial charge in [0.25, 0.3) is 5.91 Å². The first-order valence-corrected chi connectivity index (χ1v) is 12.6. The highest BCUT2D eigenvalue weighted by Crippen LogP contribution is 2.52. The number of aromatic nitrogens is 1. The minimum atomic E-state index is -1.36. The van der Waals surface area contributed by atoms with Gasteiger partial charge in [0, 0.05) is 54.7 Å². The number of carbonyl (C=O) groups excluding carboxylic acids is 3. The topological polar surface area (TPSA) is 126 Å². The minimum Gasteiger partial charge on any atom is -0.543 e. The Morgan fingerprint density at radius 3 is 2.64 bits per heavy atom. The van der Waals surface area contributed by atoms with Crippen LogP contribution < -0.4 is 10.0 Å². The molecule has 0 radical (unpaired) electrons. The van der Waals surface area contributed by atoms with Crippen molar-refractivity contribution in [3.8, 4) is 0 Å². The first kappa shape index (κ1) is 22.6. The number of fused-ring (bicyclic) bond motifs is 1. The molecule has 10 nitrogen and oxygen atoms in total. The number of anilines is 1. The number of aliphatic hydroxyl groups excluding tert-OH is 1. The van der Waals surface area contributed by atoms with Gasteiger partial charge in [0.2, 0.25) is 5.91 Å². The van der Waals surface area contributed by atoms with Crippen LogP contribution >= 0.6 is 23.1 Å². The molecule has 0 bridgehead atoms. The minimum absolute atomic E-state index is 0.0520. The standard InChI is InChI=1S/C21H26N4O6S2/c1-9-15-14(10(2)26)19(28)25(15)16(20(29)30)17(9)33-12-6-24(7-12)21-22-13(8-32-21)18(27)23-4-11(5-23)31-3/h8-12,14-15,26H,4-7H2,1-3H3,(H,29,30)/p-1/t9-,10-,14-,15-/m1/s1. The number of amides is 2. The molecule has 5 rings (SSSR count). The Morgan fingerprint density at radius 1 is 1.33 bits per heavy atom. The number of aliphatic hydroxyl groups is 1. The van der Waals surface area contributed by atoms with Crippen molar-refractivity contribution in [1.82, 2.24) is 14.8 Å². The summed E-state index contributed by atoms with van der Waals surface area (Å²) in [5.41, 5.74) is 0.378. The second-order valence-electron chi connectivity index (χ2n) is 8.98. The fraction of sp³-hybridized carbons (Fsp3) is 0.619. The zero-order chi connectivity index (χ0) is 23.6. The molecule has 4 atom stereocenters. The second kappa shape index (κ2) is 8.26. The molecule has 1 N–H and O–H groups in total. The molecule has 1 aromatic heterocycles. The van der Waals surface area contributed by atoms with Crippen LogP contribution in [0.15, 0.2) is 16.0 Å². The summed E-state index contributed by atoms with van der Waals surface area (Å²) in [5.74, 6) is -2.56. The molecule has 1 aromatic rings. The van der Waals surface area contributed by atoms with Gasteiger partial charge in [-0.3, -0.25) is 9.59 Å². The first-order valence-electron chi connectivity index (χ1n) is 10.9. The third kappa shape index (κ3) is 3.54. The van der Waals surface area contributed by atoms with E-state index in [-0.39, 0.29) is 40.8 Å². The second-order valence-corrected chi connectivity index (χ2v) is 11.2. The lowest BCUT2D eigenvalue weighted by atomic mass is 9.79. The van der Waals surface area contributed by atoms with E-state index in [2.05, 4.69) is 9.88 Å². The lowest BCUT2D eigenvalue weighted by Gasteiger charge is -2.47. The third-order valence-corrected chi connectivity index (χ3v) is 9.25. The van der Waals surface area contributed by atoms with Gasteiger partial charge in [0.15, 0.2) is 5.13 Å². The van der Waals surface area contributed by atoms with E-state index in [1.54, 1.807) is 24.3 Å². The van der Waals surface area contributed by atoms with Crippen LogP contribution in [-0.2, 0) is 14.3 Å². The number of carbonyl (C=O) groups is 3. The summed E-state index contributed by atoms with van der Waals surface area (Å²) in [6.45, 7) is 5.94. The van der Waals surface area contributed by atoms with Gasteiger partial charge in [0.05, 0.1) is 35.8 Å². The van der Waals surface area contributed by atoms with Crippen LogP contribution in [0, 0.1) is 11.8 Å². The molecule has 12 heteroatoms. The zero-order valence-electron chi connectivity index (χ0n) is 18.5. The summed E-state index contributed by atoms with van der Waals surface area (Å²) in [4.78, 5) is 47.0. The molecule has 4 aliphatic heterocycles. The van der Waals surface area contributed by atoms with Crippen LogP contribution in [0.2, 0.25) is 0 Å². The number of aliphatic carboxylic acids is 1. The molecule has 3 fully saturated rings. The first-order chi connectivity index (χ1) is 15.7. The maximum Gasteiger partial charge on any atom is 0.273 e. The number of methoxy groups -OCH3 is 1. The van der Waals surface area contributed by atoms with E-state index in [0.717, 1.165) is 5.13 Å². The molecular formula is C21H25N4O6S2-. The predicted molar refractivity (Wildman–Crippen MR) is 119 cm³/mol. The van der Waals surface area contributed by atoms with Gasteiger partial charge in [-0.2, -0.15) is 0 Å². The number of hydrogen-bond acceptors (Lipinski definition) is 10. The summed E-state index contributed by atoms with van der Waals surface area (Å²) in [5, 5.41) is 24.5. The Kier molecular flexibility index (Phi) is 5.66. The smallest absolute Gasteiger partial charge is 0.273 e. The van der Waals surface area contributed by atoms with Crippen molar-refractivity contribution in [2.24, 2.45) is 11.8 Å². The Balaban J connectivity index is 1.21. The molecule has 0 saturated carbocycles. The number of nitrogens with zero attached hydrogens (tertiary/aromatic N) is 4. The van der Waals surface area contributed by atoms with Gasteiger partial charge < -0.3 is 34.4 Å². The fourth-order valence-corrected chi connectivity index (χ4v) is 7.28. The normalized spacial score (nSPS) is 28.4. The molecule has 33 heavy (non-hydrogen) atoms. The van der Waals surface area contributed by atoms with Crippen molar-refractivity contribution < 1.29 is 29.3 Å². The van der Waals surface area contributed by atoms with E-state index in [9.17, 15) is 24.6 Å². The monoisotopic (exact) mass is 493 g/mol.